The third-order valence-electron chi connectivity index (χ3n) is 5.39. The first-order valence-corrected chi connectivity index (χ1v) is 11.8. The number of nitrogens with zero attached hydrogens (tertiary/aromatic N) is 3. The minimum Gasteiger partial charge on any atom is -0.493 e. The number of carbonyl (C=O) groups excluding carboxylic acids is 1. The van der Waals surface area contributed by atoms with Gasteiger partial charge in [0.15, 0.2) is 17.3 Å². The molecule has 2 N–H and O–H groups in total. The number of ether oxygens (including phenoxy) is 3. The van der Waals surface area contributed by atoms with Crippen LogP contribution in [0.5, 0.6) is 23.1 Å². The molecule has 0 atom stereocenters. The van der Waals surface area contributed by atoms with Crippen LogP contribution in [0.15, 0.2) is 77.6 Å². The molecule has 0 aliphatic heterocycles. The van der Waals surface area contributed by atoms with Crippen LogP contribution in [0, 0.1) is 6.92 Å². The van der Waals surface area contributed by atoms with Gasteiger partial charge in [-0.1, -0.05) is 47.1 Å². The van der Waals surface area contributed by atoms with Crippen LogP contribution in [0.1, 0.15) is 11.3 Å². The van der Waals surface area contributed by atoms with Gasteiger partial charge in [-0.05, 0) is 30.7 Å². The monoisotopic (exact) mass is 531 g/mol. The molecular formula is C27H22ClN5O5. The number of aryl methyl sites for hydroxylation is 1. The van der Waals surface area contributed by atoms with Gasteiger partial charge in [0.1, 0.15) is 24.4 Å². The SMILES string of the molecule is COc1cc2c(Oc3ccc(NC(=O)Nc4cc(C)on4)c(Cl)c3)ncnc2cc1OCc1ccccc1. The minimum atomic E-state index is -0.520. The molecule has 192 valence electrons. The molecule has 2 aromatic heterocycles. The number of hydrogen-bond acceptors (Lipinski definition) is 8. The minimum absolute atomic E-state index is 0.265. The molecule has 0 spiro atoms. The highest BCUT2D eigenvalue weighted by Crippen LogP contribution is 2.37. The zero-order chi connectivity index (χ0) is 26.5. The zero-order valence-corrected chi connectivity index (χ0v) is 21.2. The van der Waals surface area contributed by atoms with Crippen molar-refractivity contribution in [3.05, 3.63) is 89.4 Å². The number of benzene rings is 3. The van der Waals surface area contributed by atoms with E-state index in [1.165, 1.54) is 6.33 Å². The summed E-state index contributed by atoms with van der Waals surface area (Å²) in [5.74, 6) is 2.64. The molecule has 3 aromatic carbocycles. The molecule has 5 aromatic rings. The fraction of sp³-hybridized carbons (Fsp3) is 0.111. The Bertz CT molecular complexity index is 1590. The number of carbonyl (C=O) groups is 1. The Morgan fingerprint density at radius 2 is 1.84 bits per heavy atom. The van der Waals surface area contributed by atoms with Crippen LogP contribution in [0.25, 0.3) is 10.9 Å². The fourth-order valence-corrected chi connectivity index (χ4v) is 3.81. The first kappa shape index (κ1) is 24.8. The van der Waals surface area contributed by atoms with Gasteiger partial charge in [-0.15, -0.1) is 0 Å². The summed E-state index contributed by atoms with van der Waals surface area (Å²) in [5.41, 5.74) is 2.02. The van der Waals surface area contributed by atoms with E-state index in [9.17, 15) is 4.79 Å². The topological polar surface area (TPSA) is 121 Å². The van der Waals surface area contributed by atoms with Gasteiger partial charge in [0.05, 0.1) is 28.7 Å². The molecule has 2 heterocycles. The molecule has 0 saturated heterocycles. The Morgan fingerprint density at radius 1 is 1.00 bits per heavy atom. The van der Waals surface area contributed by atoms with E-state index in [1.807, 2.05) is 30.3 Å². The van der Waals surface area contributed by atoms with E-state index in [0.717, 1.165) is 5.56 Å². The fourth-order valence-electron chi connectivity index (χ4n) is 3.60. The number of urea groups is 1. The van der Waals surface area contributed by atoms with E-state index >= 15 is 0 Å². The van der Waals surface area contributed by atoms with Crippen LogP contribution in [0.2, 0.25) is 5.02 Å². The average Bonchev–Trinajstić information content (AvgIpc) is 3.33. The van der Waals surface area contributed by atoms with Crippen LogP contribution in [-0.2, 0) is 6.61 Å². The summed E-state index contributed by atoms with van der Waals surface area (Å²) >= 11 is 6.39. The van der Waals surface area contributed by atoms with Gasteiger partial charge in [0, 0.05) is 18.2 Å². The molecule has 0 aliphatic rings. The van der Waals surface area contributed by atoms with E-state index in [4.69, 9.17) is 30.3 Å². The second-order valence-corrected chi connectivity index (χ2v) is 8.53. The predicted octanol–water partition coefficient (Wildman–Crippen LogP) is 6.60. The lowest BCUT2D eigenvalue weighted by molar-refractivity contribution is 0.262. The maximum absolute atomic E-state index is 12.2. The second kappa shape index (κ2) is 11.1. The summed E-state index contributed by atoms with van der Waals surface area (Å²) in [7, 11) is 1.56. The smallest absolute Gasteiger partial charge is 0.324 e. The van der Waals surface area contributed by atoms with Crippen LogP contribution in [-0.4, -0.2) is 28.3 Å². The van der Waals surface area contributed by atoms with Gasteiger partial charge < -0.3 is 24.1 Å². The largest absolute Gasteiger partial charge is 0.493 e. The quantitative estimate of drug-likeness (QED) is 0.229. The third kappa shape index (κ3) is 5.76. The lowest BCUT2D eigenvalue weighted by Crippen LogP contribution is -2.19. The molecule has 2 amide bonds. The van der Waals surface area contributed by atoms with Crippen LogP contribution in [0.3, 0.4) is 0 Å². The average molecular weight is 532 g/mol. The summed E-state index contributed by atoms with van der Waals surface area (Å²) < 4.78 is 22.5. The number of hydrogen-bond donors (Lipinski definition) is 2. The van der Waals surface area contributed by atoms with E-state index < -0.39 is 6.03 Å². The summed E-state index contributed by atoms with van der Waals surface area (Å²) in [6, 6.07) is 19.3. The Labute approximate surface area is 222 Å². The van der Waals surface area contributed by atoms with Gasteiger partial charge in [-0.25, -0.2) is 14.8 Å². The molecule has 0 radical (unpaired) electrons. The highest BCUT2D eigenvalue weighted by Gasteiger charge is 2.15. The number of methoxy groups -OCH3 is 1. The van der Waals surface area contributed by atoms with Gasteiger partial charge in [0.2, 0.25) is 5.88 Å². The number of rotatable bonds is 8. The van der Waals surface area contributed by atoms with Gasteiger partial charge >= 0.3 is 6.03 Å². The van der Waals surface area contributed by atoms with E-state index in [-0.39, 0.29) is 10.8 Å². The van der Waals surface area contributed by atoms with Crippen molar-refractivity contribution in [3.8, 4) is 23.1 Å². The van der Waals surface area contributed by atoms with E-state index in [2.05, 4.69) is 25.8 Å². The normalized spacial score (nSPS) is 10.7. The van der Waals surface area contributed by atoms with Gasteiger partial charge in [-0.3, -0.25) is 5.32 Å². The number of anilines is 2. The zero-order valence-electron chi connectivity index (χ0n) is 20.4. The molecule has 5 rings (SSSR count). The van der Waals surface area contributed by atoms with Crippen molar-refractivity contribution >= 4 is 40.0 Å². The molecule has 0 fully saturated rings. The van der Waals surface area contributed by atoms with Crippen molar-refractivity contribution in [1.29, 1.82) is 0 Å². The molecule has 38 heavy (non-hydrogen) atoms. The number of fused-ring (bicyclic) bond motifs is 1. The first-order chi connectivity index (χ1) is 18.5. The Balaban J connectivity index is 1.32. The highest BCUT2D eigenvalue weighted by molar-refractivity contribution is 6.34. The number of aromatic nitrogens is 3. The van der Waals surface area contributed by atoms with Crippen LogP contribution in [0.4, 0.5) is 16.3 Å². The lowest BCUT2D eigenvalue weighted by Gasteiger charge is -2.14. The van der Waals surface area contributed by atoms with Gasteiger partial charge in [-0.2, -0.15) is 0 Å². The Hall–Kier alpha value is -4.83. The summed E-state index contributed by atoms with van der Waals surface area (Å²) in [4.78, 5) is 20.9. The van der Waals surface area contributed by atoms with Gasteiger partial charge in [0.25, 0.3) is 0 Å². The number of nitrogens with one attached hydrogen (secondary N) is 2. The lowest BCUT2D eigenvalue weighted by atomic mass is 10.2. The first-order valence-electron chi connectivity index (χ1n) is 11.5. The van der Waals surface area contributed by atoms with E-state index in [0.29, 0.717) is 52.1 Å². The highest BCUT2D eigenvalue weighted by atomic mass is 35.5. The molecule has 0 unspecified atom stereocenters. The predicted molar refractivity (Wildman–Crippen MR) is 142 cm³/mol. The van der Waals surface area contributed by atoms with Crippen molar-refractivity contribution in [2.45, 2.75) is 13.5 Å². The third-order valence-corrected chi connectivity index (χ3v) is 5.71. The van der Waals surface area contributed by atoms with E-state index in [1.54, 1.807) is 50.4 Å². The second-order valence-electron chi connectivity index (χ2n) is 8.12. The number of halogens is 1. The summed E-state index contributed by atoms with van der Waals surface area (Å²) in [5, 5.41) is 9.83. The molecule has 10 nitrogen and oxygen atoms in total. The van der Waals surface area contributed by atoms with Crippen molar-refractivity contribution in [1.82, 2.24) is 15.1 Å². The Kier molecular flexibility index (Phi) is 7.23. The molecular weight excluding hydrogens is 510 g/mol. The standard InChI is InChI=1S/C27H22ClN5O5/c1-16-10-25(33-38-16)32-27(34)31-21-9-8-18(11-20(21)28)37-26-19-12-23(35-2)24(13-22(19)29-15-30-26)36-14-17-6-4-3-5-7-17/h3-13,15H,14H2,1-2H3,(H2,31,32,33,34). The summed E-state index contributed by atoms with van der Waals surface area (Å²) in [6.07, 6.45) is 1.40. The molecule has 0 aliphatic carbocycles. The van der Waals surface area contributed by atoms with Crippen LogP contribution >= 0.6 is 11.6 Å². The summed E-state index contributed by atoms with van der Waals surface area (Å²) in [6.45, 7) is 2.10. The molecule has 11 heteroatoms. The van der Waals surface area contributed by atoms with Crippen molar-refractivity contribution in [2.75, 3.05) is 17.7 Å². The maximum Gasteiger partial charge on any atom is 0.324 e. The number of amides is 2. The Morgan fingerprint density at radius 3 is 2.58 bits per heavy atom. The maximum atomic E-state index is 12.2. The van der Waals surface area contributed by atoms with Crippen molar-refractivity contribution in [3.63, 3.8) is 0 Å². The van der Waals surface area contributed by atoms with Crippen LogP contribution < -0.4 is 24.8 Å². The molecule has 0 saturated carbocycles. The molecule has 0 bridgehead atoms. The van der Waals surface area contributed by atoms with Crippen molar-refractivity contribution < 1.29 is 23.5 Å². The van der Waals surface area contributed by atoms with Crippen molar-refractivity contribution in [2.24, 2.45) is 0 Å².